The van der Waals surface area contributed by atoms with E-state index in [9.17, 15) is 14.4 Å². The fraction of sp³-hybridized carbons (Fsp3) is 0.820. The second-order valence-corrected chi connectivity index (χ2v) is 19.5. The maximum absolute atomic E-state index is 12.8. The Balaban J connectivity index is 4.33. The lowest BCUT2D eigenvalue weighted by Gasteiger charge is -2.18. The van der Waals surface area contributed by atoms with E-state index in [0.29, 0.717) is 19.3 Å². The molecule has 1 atom stereocenters. The number of unbranched alkanes of at least 4 members (excludes halogenated alkanes) is 34. The summed E-state index contributed by atoms with van der Waals surface area (Å²) in [6.07, 6.45) is 68.4. The lowest BCUT2D eigenvalue weighted by molar-refractivity contribution is -0.166. The lowest BCUT2D eigenvalue weighted by Crippen LogP contribution is -2.30. The molecule has 0 radical (unpaired) electrons. The van der Waals surface area contributed by atoms with E-state index in [4.69, 9.17) is 14.2 Å². The van der Waals surface area contributed by atoms with Gasteiger partial charge in [-0.1, -0.05) is 288 Å². The zero-order chi connectivity index (χ0) is 48.6. The van der Waals surface area contributed by atoms with Crippen LogP contribution in [0.3, 0.4) is 0 Å². The maximum Gasteiger partial charge on any atom is 0.306 e. The van der Waals surface area contributed by atoms with Gasteiger partial charge in [0, 0.05) is 19.3 Å². The summed E-state index contributed by atoms with van der Waals surface area (Å²) >= 11 is 0. The average Bonchev–Trinajstić information content (AvgIpc) is 3.33. The average molecular weight is 940 g/mol. The molecule has 0 aliphatic rings. The second-order valence-electron chi connectivity index (χ2n) is 19.5. The topological polar surface area (TPSA) is 78.9 Å². The van der Waals surface area contributed by atoms with E-state index in [-0.39, 0.29) is 37.5 Å². The molecule has 0 saturated carbocycles. The maximum atomic E-state index is 12.8. The highest BCUT2D eigenvalue weighted by Crippen LogP contribution is 2.17. The molecule has 0 aliphatic carbocycles. The molecule has 0 aromatic carbocycles. The number of esters is 3. The largest absolute Gasteiger partial charge is 0.462 e. The van der Waals surface area contributed by atoms with Gasteiger partial charge in [-0.25, -0.2) is 0 Å². The van der Waals surface area contributed by atoms with Gasteiger partial charge in [0.05, 0.1) is 0 Å². The van der Waals surface area contributed by atoms with Gasteiger partial charge < -0.3 is 14.2 Å². The van der Waals surface area contributed by atoms with Crippen LogP contribution in [0.5, 0.6) is 0 Å². The predicted molar refractivity (Wildman–Crippen MR) is 289 cm³/mol. The third-order valence-electron chi connectivity index (χ3n) is 12.9. The van der Waals surface area contributed by atoms with Crippen molar-refractivity contribution in [3.05, 3.63) is 48.6 Å². The summed E-state index contributed by atoms with van der Waals surface area (Å²) in [6, 6.07) is 0. The van der Waals surface area contributed by atoms with E-state index in [0.717, 1.165) is 64.2 Å². The molecule has 0 saturated heterocycles. The van der Waals surface area contributed by atoms with Crippen LogP contribution >= 0.6 is 0 Å². The number of carbonyl (C=O) groups is 3. The Labute approximate surface area is 416 Å². The van der Waals surface area contributed by atoms with Crippen LogP contribution in [-0.4, -0.2) is 37.2 Å². The summed E-state index contributed by atoms with van der Waals surface area (Å²) in [6.45, 7) is 6.50. The minimum atomic E-state index is -0.797. The molecule has 0 N–H and O–H groups in total. The normalized spacial score (nSPS) is 12.3. The van der Waals surface area contributed by atoms with Crippen LogP contribution < -0.4 is 0 Å². The van der Waals surface area contributed by atoms with Crippen molar-refractivity contribution in [1.82, 2.24) is 0 Å². The number of hydrogen-bond acceptors (Lipinski definition) is 6. The van der Waals surface area contributed by atoms with Crippen molar-refractivity contribution in [2.75, 3.05) is 13.2 Å². The van der Waals surface area contributed by atoms with Crippen molar-refractivity contribution >= 4 is 17.9 Å². The summed E-state index contributed by atoms with van der Waals surface area (Å²) in [7, 11) is 0. The first-order chi connectivity index (χ1) is 33.0. The van der Waals surface area contributed by atoms with E-state index in [1.165, 1.54) is 193 Å². The number of hydrogen-bond donors (Lipinski definition) is 0. The molecule has 390 valence electrons. The van der Waals surface area contributed by atoms with Crippen LogP contribution in [0, 0.1) is 0 Å². The molecular weight excluding hydrogens is 829 g/mol. The molecule has 0 rings (SSSR count). The summed E-state index contributed by atoms with van der Waals surface area (Å²) in [5.74, 6) is -0.959. The van der Waals surface area contributed by atoms with Gasteiger partial charge in [-0.2, -0.15) is 0 Å². The van der Waals surface area contributed by atoms with Crippen LogP contribution in [0.15, 0.2) is 48.6 Å². The van der Waals surface area contributed by atoms with Gasteiger partial charge in [-0.05, 0) is 44.9 Å². The zero-order valence-electron chi connectivity index (χ0n) is 44.7. The molecular formula is C61H110O6. The minimum absolute atomic E-state index is 0.0904. The quantitative estimate of drug-likeness (QED) is 0.0262. The molecule has 0 aromatic rings. The molecule has 0 amide bonds. The smallest absolute Gasteiger partial charge is 0.306 e. The number of carbonyl (C=O) groups excluding carboxylic acids is 3. The van der Waals surface area contributed by atoms with Gasteiger partial charge in [0.1, 0.15) is 13.2 Å². The summed E-state index contributed by atoms with van der Waals surface area (Å²) in [4.78, 5) is 38.1. The van der Waals surface area contributed by atoms with Crippen LogP contribution in [0.1, 0.15) is 303 Å². The highest BCUT2D eigenvalue weighted by atomic mass is 16.6. The zero-order valence-corrected chi connectivity index (χ0v) is 44.7. The van der Waals surface area contributed by atoms with Crippen molar-refractivity contribution in [3.63, 3.8) is 0 Å². The highest BCUT2D eigenvalue weighted by molar-refractivity contribution is 5.71. The van der Waals surface area contributed by atoms with Crippen molar-refractivity contribution in [2.45, 2.75) is 309 Å². The Bertz CT molecular complexity index is 1170. The van der Waals surface area contributed by atoms with Crippen LogP contribution in [0.2, 0.25) is 0 Å². The SMILES string of the molecule is CC/C=C\C/C=C\C/C=C\C/C=C\CCC(=O)OCC(COC(=O)CCCCCCCCCCCCCCCCCCCCCCC)OC(=O)CCCCCCCCCCCCCCCCC. The van der Waals surface area contributed by atoms with Gasteiger partial charge in [-0.15, -0.1) is 0 Å². The van der Waals surface area contributed by atoms with E-state index < -0.39 is 6.10 Å². The Morgan fingerprint density at radius 2 is 0.582 bits per heavy atom. The molecule has 6 nitrogen and oxygen atoms in total. The number of ether oxygens (including phenoxy) is 3. The fourth-order valence-corrected chi connectivity index (χ4v) is 8.52. The number of allylic oxidation sites excluding steroid dienone is 8. The first-order valence-electron chi connectivity index (χ1n) is 29.1. The van der Waals surface area contributed by atoms with Crippen molar-refractivity contribution in [2.24, 2.45) is 0 Å². The molecule has 67 heavy (non-hydrogen) atoms. The van der Waals surface area contributed by atoms with Crippen LogP contribution in [-0.2, 0) is 28.6 Å². The van der Waals surface area contributed by atoms with E-state index >= 15 is 0 Å². The molecule has 0 aliphatic heterocycles. The second kappa shape index (κ2) is 56.0. The summed E-state index contributed by atoms with van der Waals surface area (Å²) in [5, 5.41) is 0. The van der Waals surface area contributed by atoms with E-state index in [1.54, 1.807) is 0 Å². The lowest BCUT2D eigenvalue weighted by atomic mass is 10.0. The molecule has 0 heterocycles. The van der Waals surface area contributed by atoms with Crippen molar-refractivity contribution in [3.8, 4) is 0 Å². The standard InChI is InChI=1S/C61H110O6/c1-4-7-10-13-16-19-22-25-27-28-29-30-31-32-34-36-39-42-45-48-51-54-60(63)66-57-58(56-65-59(62)53-50-47-44-41-38-35-24-21-18-15-12-9-6-3)67-61(64)55-52-49-46-43-40-37-33-26-23-20-17-14-11-8-5-2/h9,12,18,21,35,38,44,47,58H,4-8,10-11,13-17,19-20,22-34,36-37,39-43,45-46,48-57H2,1-3H3/b12-9-,21-18-,38-35-,47-44-. The Morgan fingerprint density at radius 1 is 0.313 bits per heavy atom. The minimum Gasteiger partial charge on any atom is -0.462 e. The molecule has 0 spiro atoms. The number of rotatable bonds is 53. The Hall–Kier alpha value is -2.63. The van der Waals surface area contributed by atoms with Gasteiger partial charge >= 0.3 is 17.9 Å². The van der Waals surface area contributed by atoms with Gasteiger partial charge in [-0.3, -0.25) is 14.4 Å². The first kappa shape index (κ1) is 64.4. The molecule has 0 aromatic heterocycles. The fourth-order valence-electron chi connectivity index (χ4n) is 8.52. The Kier molecular flexibility index (Phi) is 53.8. The third-order valence-corrected chi connectivity index (χ3v) is 12.9. The van der Waals surface area contributed by atoms with Gasteiger partial charge in [0.2, 0.25) is 0 Å². The monoisotopic (exact) mass is 939 g/mol. The van der Waals surface area contributed by atoms with E-state index in [2.05, 4.69) is 63.3 Å². The third kappa shape index (κ3) is 54.2. The van der Waals surface area contributed by atoms with E-state index in [1.807, 2.05) is 6.08 Å². The summed E-state index contributed by atoms with van der Waals surface area (Å²) < 4.78 is 16.8. The van der Waals surface area contributed by atoms with Crippen molar-refractivity contribution in [1.29, 1.82) is 0 Å². The molecule has 0 bridgehead atoms. The van der Waals surface area contributed by atoms with Crippen LogP contribution in [0.25, 0.3) is 0 Å². The van der Waals surface area contributed by atoms with Crippen LogP contribution in [0.4, 0.5) is 0 Å². The highest BCUT2D eigenvalue weighted by Gasteiger charge is 2.19. The molecule has 1 unspecified atom stereocenters. The van der Waals surface area contributed by atoms with Crippen molar-refractivity contribution < 1.29 is 28.6 Å². The summed E-state index contributed by atoms with van der Waals surface area (Å²) in [5.41, 5.74) is 0. The van der Waals surface area contributed by atoms with Gasteiger partial charge in [0.25, 0.3) is 0 Å². The molecule has 6 heteroatoms. The van der Waals surface area contributed by atoms with Gasteiger partial charge in [0.15, 0.2) is 6.10 Å². The molecule has 0 fully saturated rings. The Morgan fingerprint density at radius 3 is 0.910 bits per heavy atom. The first-order valence-corrected chi connectivity index (χ1v) is 29.1. The predicted octanol–water partition coefficient (Wildman–Crippen LogP) is 19.4.